The molecular formula is C13H28ClN3O4S. The van der Waals surface area contributed by atoms with Gasteiger partial charge in [-0.3, -0.25) is 4.79 Å². The maximum absolute atomic E-state index is 12.0. The van der Waals surface area contributed by atoms with E-state index in [-0.39, 0.29) is 36.5 Å². The number of hydrogen-bond acceptors (Lipinski definition) is 5. The van der Waals surface area contributed by atoms with Gasteiger partial charge in [0.2, 0.25) is 15.9 Å². The number of carbonyl (C=O) groups is 1. The van der Waals surface area contributed by atoms with Crippen molar-refractivity contribution < 1.29 is 17.9 Å². The molecule has 9 heteroatoms. The van der Waals surface area contributed by atoms with E-state index in [0.717, 1.165) is 12.8 Å². The second-order valence-electron chi connectivity index (χ2n) is 5.17. The molecule has 0 aromatic rings. The lowest BCUT2D eigenvalue weighted by atomic mass is 9.92. The Morgan fingerprint density at radius 1 is 1.32 bits per heavy atom. The summed E-state index contributed by atoms with van der Waals surface area (Å²) >= 11 is 0. The fourth-order valence-corrected chi connectivity index (χ4v) is 3.86. The molecule has 3 N–H and O–H groups in total. The smallest absolute Gasteiger partial charge is 0.237 e. The molecule has 1 aliphatic heterocycles. The second kappa shape index (κ2) is 10.4. The first-order chi connectivity index (χ1) is 9.92. The van der Waals surface area contributed by atoms with Gasteiger partial charge < -0.3 is 15.8 Å². The molecule has 1 saturated heterocycles. The first-order valence-electron chi connectivity index (χ1n) is 7.51. The lowest BCUT2D eigenvalue weighted by molar-refractivity contribution is -0.124. The maximum Gasteiger partial charge on any atom is 0.237 e. The van der Waals surface area contributed by atoms with E-state index >= 15 is 0 Å². The number of sulfonamides is 1. The van der Waals surface area contributed by atoms with Gasteiger partial charge in [-0.15, -0.1) is 12.4 Å². The standard InChI is InChI=1S/C13H27N3O4S.ClH/c1-3-16(4-2)21(18,19)10-7-15-13(17)12(14)11-5-8-20-9-6-11;/h11-12H,3-10,14H2,1-2H3,(H,15,17);1H. The van der Waals surface area contributed by atoms with E-state index < -0.39 is 16.1 Å². The molecule has 1 fully saturated rings. The summed E-state index contributed by atoms with van der Waals surface area (Å²) in [5.41, 5.74) is 5.93. The van der Waals surface area contributed by atoms with E-state index in [2.05, 4.69) is 5.32 Å². The fraction of sp³-hybridized carbons (Fsp3) is 0.923. The van der Waals surface area contributed by atoms with Crippen LogP contribution in [0.15, 0.2) is 0 Å². The van der Waals surface area contributed by atoms with Crippen LogP contribution in [0.5, 0.6) is 0 Å². The van der Waals surface area contributed by atoms with Gasteiger partial charge in [-0.25, -0.2) is 12.7 Å². The first kappa shape index (κ1) is 21.6. The minimum Gasteiger partial charge on any atom is -0.381 e. The van der Waals surface area contributed by atoms with Crippen LogP contribution in [0, 0.1) is 5.92 Å². The normalized spacial score (nSPS) is 17.8. The molecule has 1 unspecified atom stereocenters. The number of nitrogens with one attached hydrogen (secondary N) is 1. The van der Waals surface area contributed by atoms with Gasteiger partial charge in [0.05, 0.1) is 11.8 Å². The predicted molar refractivity (Wildman–Crippen MR) is 88.5 cm³/mol. The highest BCUT2D eigenvalue weighted by atomic mass is 35.5. The van der Waals surface area contributed by atoms with E-state index in [1.54, 1.807) is 13.8 Å². The van der Waals surface area contributed by atoms with Crippen LogP contribution < -0.4 is 11.1 Å². The zero-order chi connectivity index (χ0) is 15.9. The first-order valence-corrected chi connectivity index (χ1v) is 9.12. The lowest BCUT2D eigenvalue weighted by Crippen LogP contribution is -2.48. The summed E-state index contributed by atoms with van der Waals surface area (Å²) in [5, 5.41) is 2.63. The molecule has 1 heterocycles. The van der Waals surface area contributed by atoms with E-state index in [9.17, 15) is 13.2 Å². The number of amides is 1. The van der Waals surface area contributed by atoms with Crippen LogP contribution in [0.2, 0.25) is 0 Å². The average molecular weight is 358 g/mol. The third-order valence-corrected chi connectivity index (χ3v) is 5.86. The fourth-order valence-electron chi connectivity index (χ4n) is 2.46. The Labute approximate surface area is 139 Å². The molecule has 0 saturated carbocycles. The molecule has 1 atom stereocenters. The van der Waals surface area contributed by atoms with Crippen LogP contribution in [0.3, 0.4) is 0 Å². The molecule has 0 aromatic heterocycles. The quantitative estimate of drug-likeness (QED) is 0.634. The van der Waals surface area contributed by atoms with Crippen molar-refractivity contribution in [2.45, 2.75) is 32.7 Å². The third-order valence-electron chi connectivity index (χ3n) is 3.83. The van der Waals surface area contributed by atoms with E-state index in [1.165, 1.54) is 4.31 Å². The summed E-state index contributed by atoms with van der Waals surface area (Å²) in [6.07, 6.45) is 1.54. The van der Waals surface area contributed by atoms with Crippen LogP contribution in [0.4, 0.5) is 0 Å². The Balaban J connectivity index is 0.00000441. The largest absolute Gasteiger partial charge is 0.381 e. The van der Waals surface area contributed by atoms with Crippen molar-refractivity contribution in [1.82, 2.24) is 9.62 Å². The van der Waals surface area contributed by atoms with E-state index in [1.807, 2.05) is 0 Å². The number of ether oxygens (including phenoxy) is 1. The Bertz CT molecular complexity index is 423. The summed E-state index contributed by atoms with van der Waals surface area (Å²) in [5.74, 6) is -0.268. The van der Waals surface area contributed by atoms with Gasteiger partial charge in [0.15, 0.2) is 0 Å². The van der Waals surface area contributed by atoms with Crippen LogP contribution in [-0.4, -0.2) is 63.3 Å². The molecule has 0 bridgehead atoms. The Kier molecular flexibility index (Phi) is 10.2. The Morgan fingerprint density at radius 3 is 2.36 bits per heavy atom. The van der Waals surface area contributed by atoms with Crippen molar-refractivity contribution in [3.05, 3.63) is 0 Å². The number of nitrogens with zero attached hydrogens (tertiary/aromatic N) is 1. The van der Waals surface area contributed by atoms with E-state index in [4.69, 9.17) is 10.5 Å². The van der Waals surface area contributed by atoms with Crippen LogP contribution in [0.25, 0.3) is 0 Å². The van der Waals surface area contributed by atoms with Gasteiger partial charge in [0.25, 0.3) is 0 Å². The zero-order valence-corrected chi connectivity index (χ0v) is 14.9. The average Bonchev–Trinajstić information content (AvgIpc) is 2.48. The minimum atomic E-state index is -3.31. The summed E-state index contributed by atoms with van der Waals surface area (Å²) in [6.45, 7) is 5.81. The molecular weight excluding hydrogens is 330 g/mol. The molecule has 1 amide bonds. The summed E-state index contributed by atoms with van der Waals surface area (Å²) < 4.78 is 30.6. The molecule has 0 spiro atoms. The summed E-state index contributed by atoms with van der Waals surface area (Å²) in [4.78, 5) is 12.0. The van der Waals surface area contributed by atoms with Crippen molar-refractivity contribution in [3.63, 3.8) is 0 Å². The number of hydrogen-bond donors (Lipinski definition) is 2. The number of rotatable bonds is 8. The van der Waals surface area contributed by atoms with Gasteiger partial charge in [0, 0.05) is 32.8 Å². The second-order valence-corrected chi connectivity index (χ2v) is 7.26. The molecule has 1 rings (SSSR count). The molecule has 0 aromatic carbocycles. The summed E-state index contributed by atoms with van der Waals surface area (Å²) in [6, 6.07) is -0.593. The molecule has 0 aliphatic carbocycles. The molecule has 7 nitrogen and oxygen atoms in total. The maximum atomic E-state index is 12.0. The topological polar surface area (TPSA) is 102 Å². The molecule has 22 heavy (non-hydrogen) atoms. The Morgan fingerprint density at radius 2 is 1.86 bits per heavy atom. The lowest BCUT2D eigenvalue weighted by Gasteiger charge is -2.26. The van der Waals surface area contributed by atoms with Gasteiger partial charge in [-0.1, -0.05) is 13.8 Å². The van der Waals surface area contributed by atoms with Crippen molar-refractivity contribution >= 4 is 28.3 Å². The van der Waals surface area contributed by atoms with E-state index in [0.29, 0.717) is 26.3 Å². The van der Waals surface area contributed by atoms with Crippen molar-refractivity contribution in [1.29, 1.82) is 0 Å². The summed E-state index contributed by atoms with van der Waals surface area (Å²) in [7, 11) is -3.31. The number of nitrogens with two attached hydrogens (primary N) is 1. The highest BCUT2D eigenvalue weighted by molar-refractivity contribution is 7.89. The SMILES string of the molecule is CCN(CC)S(=O)(=O)CCNC(=O)C(N)C1CCOCC1.Cl. The van der Waals surface area contributed by atoms with Gasteiger partial charge >= 0.3 is 0 Å². The third kappa shape index (κ3) is 6.37. The van der Waals surface area contributed by atoms with Gasteiger partial charge in [-0.05, 0) is 18.8 Å². The van der Waals surface area contributed by atoms with Crippen molar-refractivity contribution in [2.24, 2.45) is 11.7 Å². The number of carbonyl (C=O) groups excluding carboxylic acids is 1. The van der Waals surface area contributed by atoms with Gasteiger partial charge in [0.1, 0.15) is 0 Å². The monoisotopic (exact) mass is 357 g/mol. The van der Waals surface area contributed by atoms with Crippen molar-refractivity contribution in [3.8, 4) is 0 Å². The molecule has 0 radical (unpaired) electrons. The minimum absolute atomic E-state index is 0. The van der Waals surface area contributed by atoms with Crippen LogP contribution in [0.1, 0.15) is 26.7 Å². The van der Waals surface area contributed by atoms with Crippen LogP contribution in [-0.2, 0) is 19.6 Å². The predicted octanol–water partition coefficient (Wildman–Crippen LogP) is -0.0501. The Hall–Kier alpha value is -0.410. The van der Waals surface area contributed by atoms with Crippen LogP contribution >= 0.6 is 12.4 Å². The highest BCUT2D eigenvalue weighted by Gasteiger charge is 2.27. The number of halogens is 1. The molecule has 132 valence electrons. The van der Waals surface area contributed by atoms with Gasteiger partial charge in [-0.2, -0.15) is 0 Å². The zero-order valence-electron chi connectivity index (χ0n) is 13.3. The highest BCUT2D eigenvalue weighted by Crippen LogP contribution is 2.17. The molecule has 1 aliphatic rings. The van der Waals surface area contributed by atoms with Crippen molar-refractivity contribution in [2.75, 3.05) is 38.6 Å².